The number of pyridine rings is 1. The number of alkyl carbamates (subject to hydrolysis) is 2. The molecule has 2 saturated heterocycles. The number of hydrogen-bond donors (Lipinski definition) is 4. The number of carbonyl (C=O) groups excluding carboxylic acids is 4. The molecule has 316 valence electrons. The number of amides is 4. The fourth-order valence-electron chi connectivity index (χ4n) is 8.03. The van der Waals surface area contributed by atoms with Crippen LogP contribution in [0.15, 0.2) is 60.9 Å². The molecule has 4 N–H and O–H groups in total. The Balaban J connectivity index is 1.05. The predicted molar refractivity (Wildman–Crippen MR) is 220 cm³/mol. The van der Waals surface area contributed by atoms with Crippen LogP contribution >= 0.6 is 0 Å². The van der Waals surface area contributed by atoms with Gasteiger partial charge in [0.05, 0.1) is 67.4 Å². The third kappa shape index (κ3) is 8.52. The maximum absolute atomic E-state index is 15.8. The molecule has 17 heteroatoms. The van der Waals surface area contributed by atoms with Gasteiger partial charge in [-0.25, -0.2) is 28.9 Å². The van der Waals surface area contributed by atoms with E-state index < -0.39 is 36.2 Å². The zero-order valence-corrected chi connectivity index (χ0v) is 34.5. The molecule has 0 saturated carbocycles. The first kappa shape index (κ1) is 41.8. The largest absolute Gasteiger partial charge is 0.453 e. The van der Waals surface area contributed by atoms with Gasteiger partial charge < -0.3 is 44.6 Å². The molecule has 5 aromatic rings. The highest BCUT2D eigenvalue weighted by Gasteiger charge is 2.39. The number of carbonyl (C=O) groups is 4. The zero-order valence-electron chi connectivity index (χ0n) is 34.5. The number of fused-ring (bicyclic) bond motifs is 1. The van der Waals surface area contributed by atoms with E-state index in [1.54, 1.807) is 35.2 Å². The first-order valence-electron chi connectivity index (χ1n) is 20.0. The summed E-state index contributed by atoms with van der Waals surface area (Å²) in [6, 6.07) is 12.2. The van der Waals surface area contributed by atoms with Crippen LogP contribution < -0.4 is 10.6 Å². The minimum atomic E-state index is -0.925. The van der Waals surface area contributed by atoms with E-state index in [1.807, 2.05) is 50.2 Å². The van der Waals surface area contributed by atoms with Gasteiger partial charge in [-0.15, -0.1) is 0 Å². The summed E-state index contributed by atoms with van der Waals surface area (Å²) in [7, 11) is 3.98. The van der Waals surface area contributed by atoms with Gasteiger partial charge in [0.1, 0.15) is 29.5 Å². The Morgan fingerprint density at radius 1 is 0.750 bits per heavy atom. The monoisotopic (exact) mass is 823 g/mol. The lowest BCUT2D eigenvalue weighted by Gasteiger charge is -2.30. The molecule has 7 rings (SSSR count). The molecular formula is C43H50FN9O7. The summed E-state index contributed by atoms with van der Waals surface area (Å²) >= 11 is 0. The van der Waals surface area contributed by atoms with E-state index >= 15 is 4.39 Å². The maximum Gasteiger partial charge on any atom is 0.407 e. The molecule has 2 aliphatic heterocycles. The number of nitrogens with zero attached hydrogens (tertiary/aromatic N) is 5. The number of benzene rings is 2. The lowest BCUT2D eigenvalue weighted by atomic mass is 10.0. The number of aromatic amines is 2. The average Bonchev–Trinajstić information content (AvgIpc) is 4.10. The third-order valence-electron chi connectivity index (χ3n) is 11.4. The Kier molecular flexibility index (Phi) is 12.4. The molecule has 2 aliphatic rings. The summed E-state index contributed by atoms with van der Waals surface area (Å²) in [5, 5.41) is 6.13. The van der Waals surface area contributed by atoms with Crippen molar-refractivity contribution < 1.29 is 37.8 Å². The molecule has 0 aliphatic carbocycles. The van der Waals surface area contributed by atoms with Gasteiger partial charge >= 0.3 is 12.2 Å². The Morgan fingerprint density at radius 2 is 1.33 bits per heavy atom. The molecule has 3 aromatic heterocycles. The number of halogens is 1. The van der Waals surface area contributed by atoms with Crippen LogP contribution in [0.5, 0.6) is 0 Å². The minimum absolute atomic E-state index is 0.164. The number of ether oxygens (including phenoxy) is 3. The van der Waals surface area contributed by atoms with Crippen LogP contribution in [0.1, 0.15) is 70.2 Å². The van der Waals surface area contributed by atoms with Crippen molar-refractivity contribution in [2.45, 2.75) is 76.7 Å². The van der Waals surface area contributed by atoms with Crippen molar-refractivity contribution >= 4 is 34.9 Å². The summed E-state index contributed by atoms with van der Waals surface area (Å²) in [5.74, 6) is 0.0746. The van der Waals surface area contributed by atoms with Crippen molar-refractivity contribution in [1.29, 1.82) is 0 Å². The van der Waals surface area contributed by atoms with E-state index in [0.29, 0.717) is 60.1 Å². The molecule has 60 heavy (non-hydrogen) atoms. The molecule has 5 heterocycles. The zero-order chi connectivity index (χ0) is 42.7. The van der Waals surface area contributed by atoms with Gasteiger partial charge in [-0.05, 0) is 68.9 Å². The van der Waals surface area contributed by atoms with E-state index in [0.717, 1.165) is 35.0 Å². The van der Waals surface area contributed by atoms with Crippen LogP contribution in [0, 0.1) is 11.7 Å². The van der Waals surface area contributed by atoms with Crippen molar-refractivity contribution in [2.24, 2.45) is 5.92 Å². The van der Waals surface area contributed by atoms with Gasteiger partial charge in [-0.1, -0.05) is 32.0 Å². The highest BCUT2D eigenvalue weighted by molar-refractivity contribution is 5.88. The smallest absolute Gasteiger partial charge is 0.407 e. The number of aromatic nitrogens is 5. The average molecular weight is 824 g/mol. The van der Waals surface area contributed by atoms with Gasteiger partial charge in [-0.2, -0.15) is 0 Å². The van der Waals surface area contributed by atoms with Crippen molar-refractivity contribution in [3.05, 3.63) is 78.4 Å². The van der Waals surface area contributed by atoms with Crippen molar-refractivity contribution in [2.75, 3.05) is 34.4 Å². The second-order valence-electron chi connectivity index (χ2n) is 15.5. The summed E-state index contributed by atoms with van der Waals surface area (Å²) in [6.07, 6.45) is 4.28. The Hall–Kier alpha value is -6.36. The first-order chi connectivity index (χ1) is 28.9. The van der Waals surface area contributed by atoms with E-state index in [4.69, 9.17) is 19.2 Å². The number of methoxy groups -OCH3 is 3. The molecule has 2 aromatic carbocycles. The van der Waals surface area contributed by atoms with E-state index in [1.165, 1.54) is 27.4 Å². The summed E-state index contributed by atoms with van der Waals surface area (Å²) < 4.78 is 30.7. The van der Waals surface area contributed by atoms with E-state index in [-0.39, 0.29) is 29.8 Å². The maximum atomic E-state index is 15.8. The van der Waals surface area contributed by atoms with Crippen molar-refractivity contribution in [3.8, 4) is 33.8 Å². The molecular weight excluding hydrogens is 774 g/mol. The predicted octanol–water partition coefficient (Wildman–Crippen LogP) is 6.29. The van der Waals surface area contributed by atoms with Gasteiger partial charge in [-0.3, -0.25) is 9.59 Å². The van der Waals surface area contributed by atoms with Gasteiger partial charge in [0.15, 0.2) is 0 Å². The van der Waals surface area contributed by atoms with Crippen LogP contribution in [0.4, 0.5) is 14.0 Å². The Labute approximate surface area is 346 Å². The van der Waals surface area contributed by atoms with E-state index in [2.05, 4.69) is 30.6 Å². The second kappa shape index (κ2) is 17.9. The number of rotatable bonds is 12. The standard InChI is InChI=1S/C43H50FN9O7/c1-23(2)36(50-42(56)59-5)40(54)52-17-7-10-35(52)39-46-22-33(49-39)28-14-11-27(20-29(28)44)31-15-12-25-19-26(13-16-30(25)47-31)32-21-45-38(48-32)34-9-8-18-53(34)41(55)37(24(3)58-4)51-43(57)60-6/h11-16,19-24,34-37H,7-10,17-18H2,1-6H3,(H,45,48)(H,46,49)(H,50,56)(H,51,57). The molecule has 5 unspecified atom stereocenters. The van der Waals surface area contributed by atoms with Crippen LogP contribution in [0.3, 0.4) is 0 Å². The molecule has 2 fully saturated rings. The normalized spacial score (nSPS) is 18.1. The molecule has 4 amide bonds. The van der Waals surface area contributed by atoms with Gasteiger partial charge in [0.25, 0.3) is 0 Å². The van der Waals surface area contributed by atoms with Crippen LogP contribution in [-0.2, 0) is 23.8 Å². The number of H-pyrrole nitrogens is 2. The number of imidazole rings is 2. The first-order valence-corrected chi connectivity index (χ1v) is 20.0. The SMILES string of the molecule is COC(=O)NC(C(=O)N1CCCC1c1ncc(-c2ccc(-c3ccc4cc(-c5cnc(C6CCCN6C(=O)C(NC(=O)OC)C(C)OC)[nH]5)ccc4n3)cc2F)[nH]1)C(C)C. The molecule has 0 bridgehead atoms. The molecule has 0 spiro atoms. The number of hydrogen-bond acceptors (Lipinski definition) is 10. The fraction of sp³-hybridized carbons (Fsp3) is 0.419. The number of likely N-dealkylation sites (tertiary alicyclic amines) is 2. The van der Waals surface area contributed by atoms with Crippen LogP contribution in [0.2, 0.25) is 0 Å². The van der Waals surface area contributed by atoms with Gasteiger partial charge in [0.2, 0.25) is 11.8 Å². The fourth-order valence-corrected chi connectivity index (χ4v) is 8.03. The molecule has 16 nitrogen and oxygen atoms in total. The van der Waals surface area contributed by atoms with Crippen molar-refractivity contribution in [3.63, 3.8) is 0 Å². The number of nitrogens with one attached hydrogen (secondary N) is 4. The summed E-state index contributed by atoms with van der Waals surface area (Å²) in [5.41, 5.74) is 4.38. The topological polar surface area (TPSA) is 197 Å². The van der Waals surface area contributed by atoms with Gasteiger partial charge in [0, 0.05) is 42.3 Å². The highest BCUT2D eigenvalue weighted by Crippen LogP contribution is 2.36. The lowest BCUT2D eigenvalue weighted by Crippen LogP contribution is -2.54. The van der Waals surface area contributed by atoms with Crippen molar-refractivity contribution in [1.82, 2.24) is 45.4 Å². The quantitative estimate of drug-likeness (QED) is 0.111. The molecule has 5 atom stereocenters. The summed E-state index contributed by atoms with van der Waals surface area (Å²) in [6.45, 7) is 6.45. The second-order valence-corrected chi connectivity index (χ2v) is 15.5. The van der Waals surface area contributed by atoms with Crippen LogP contribution in [-0.4, -0.2) is 111 Å². The Bertz CT molecular complexity index is 2380. The third-order valence-corrected chi connectivity index (χ3v) is 11.4. The van der Waals surface area contributed by atoms with Crippen LogP contribution in [0.25, 0.3) is 44.7 Å². The lowest BCUT2D eigenvalue weighted by molar-refractivity contribution is -0.137. The minimum Gasteiger partial charge on any atom is -0.453 e. The Morgan fingerprint density at radius 3 is 1.93 bits per heavy atom. The highest BCUT2D eigenvalue weighted by atomic mass is 19.1. The van der Waals surface area contributed by atoms with E-state index in [9.17, 15) is 19.2 Å². The molecule has 0 radical (unpaired) electrons. The summed E-state index contributed by atoms with van der Waals surface area (Å²) in [4.78, 5) is 75.3.